The minimum absolute atomic E-state index is 0.282. The van der Waals surface area contributed by atoms with Crippen LogP contribution in [0.2, 0.25) is 0 Å². The van der Waals surface area contributed by atoms with Crippen LogP contribution in [0.3, 0.4) is 0 Å². The number of hydrogen-bond donors (Lipinski definition) is 1. The van der Waals surface area contributed by atoms with Gasteiger partial charge in [-0.2, -0.15) is 0 Å². The SMILES string of the molecule is [2H][C@@H](CC(=O)OC(c1ccccc1)c1ccccc1)NC(=O)OC(C)(C)C. The molecule has 2 rings (SSSR count). The highest BCUT2D eigenvalue weighted by molar-refractivity contribution is 5.72. The van der Waals surface area contributed by atoms with Crippen LogP contribution in [0.4, 0.5) is 4.79 Å². The lowest BCUT2D eigenvalue weighted by Gasteiger charge is -2.20. The van der Waals surface area contributed by atoms with Crippen LogP contribution in [-0.4, -0.2) is 24.2 Å². The van der Waals surface area contributed by atoms with Gasteiger partial charge in [-0.3, -0.25) is 4.79 Å². The summed E-state index contributed by atoms with van der Waals surface area (Å²) in [5.74, 6) is -0.580. The Hall–Kier alpha value is -2.82. The zero-order valence-corrected chi connectivity index (χ0v) is 15.3. The molecule has 0 heterocycles. The van der Waals surface area contributed by atoms with Gasteiger partial charge in [-0.15, -0.1) is 0 Å². The van der Waals surface area contributed by atoms with Crippen molar-refractivity contribution in [3.63, 3.8) is 0 Å². The second-order valence-electron chi connectivity index (χ2n) is 6.75. The van der Waals surface area contributed by atoms with E-state index < -0.39 is 30.3 Å². The number of esters is 1. The van der Waals surface area contributed by atoms with E-state index in [1.165, 1.54) is 0 Å². The lowest BCUT2D eigenvalue weighted by Crippen LogP contribution is -2.33. The number of alkyl carbamates (subject to hydrolysis) is 1. The van der Waals surface area contributed by atoms with E-state index in [1.54, 1.807) is 20.8 Å². The number of amides is 1. The smallest absolute Gasteiger partial charge is 0.407 e. The molecule has 1 N–H and O–H groups in total. The molecule has 1 amide bonds. The quantitative estimate of drug-likeness (QED) is 0.787. The number of ether oxygens (including phenoxy) is 2. The van der Waals surface area contributed by atoms with E-state index in [2.05, 4.69) is 5.32 Å². The zero-order valence-electron chi connectivity index (χ0n) is 16.3. The molecule has 5 heteroatoms. The van der Waals surface area contributed by atoms with Gasteiger partial charge in [-0.1, -0.05) is 60.7 Å². The van der Waals surface area contributed by atoms with Crippen molar-refractivity contribution < 1.29 is 20.4 Å². The Bertz CT molecular complexity index is 704. The standard InChI is InChI=1S/C21H25NO4/c1-21(2,3)26-20(24)22-15-14-18(23)25-19(16-10-6-4-7-11-16)17-12-8-5-9-13-17/h4-13,19H,14-15H2,1-3H3,(H,22,24)/i15D/t15-/m0/s1. The molecule has 0 unspecified atom stereocenters. The molecule has 0 aliphatic heterocycles. The molecule has 0 aliphatic carbocycles. The van der Waals surface area contributed by atoms with Gasteiger partial charge in [0.1, 0.15) is 5.60 Å². The molecule has 0 spiro atoms. The van der Waals surface area contributed by atoms with E-state index in [4.69, 9.17) is 10.8 Å². The van der Waals surface area contributed by atoms with Crippen LogP contribution in [0.1, 0.15) is 45.8 Å². The van der Waals surface area contributed by atoms with Gasteiger partial charge in [0.05, 0.1) is 6.42 Å². The van der Waals surface area contributed by atoms with E-state index in [1.807, 2.05) is 60.7 Å². The topological polar surface area (TPSA) is 64.6 Å². The maximum absolute atomic E-state index is 12.3. The van der Waals surface area contributed by atoms with Gasteiger partial charge in [-0.05, 0) is 31.9 Å². The summed E-state index contributed by atoms with van der Waals surface area (Å²) in [6.45, 7) is 4.03. The molecule has 0 saturated carbocycles. The van der Waals surface area contributed by atoms with Crippen LogP contribution >= 0.6 is 0 Å². The second kappa shape index (κ2) is 9.04. The molecule has 138 valence electrons. The Labute approximate surface area is 155 Å². The monoisotopic (exact) mass is 356 g/mol. The van der Waals surface area contributed by atoms with Crippen molar-refractivity contribution in [1.82, 2.24) is 5.32 Å². The van der Waals surface area contributed by atoms with Crippen molar-refractivity contribution in [2.75, 3.05) is 6.52 Å². The summed E-state index contributed by atoms with van der Waals surface area (Å²) < 4.78 is 18.6. The van der Waals surface area contributed by atoms with E-state index >= 15 is 0 Å². The molecule has 0 bridgehead atoms. The summed E-state index contributed by atoms with van der Waals surface area (Å²) in [5.41, 5.74) is 0.994. The van der Waals surface area contributed by atoms with Gasteiger partial charge in [0, 0.05) is 7.89 Å². The summed E-state index contributed by atoms with van der Waals surface area (Å²) in [5, 5.41) is 2.32. The molecule has 1 atom stereocenters. The fourth-order valence-electron chi connectivity index (χ4n) is 2.29. The largest absolute Gasteiger partial charge is 0.452 e. The summed E-state index contributed by atoms with van der Waals surface area (Å²) >= 11 is 0. The first-order chi connectivity index (χ1) is 12.7. The molecular formula is C21H25NO4. The van der Waals surface area contributed by atoms with E-state index in [9.17, 15) is 9.59 Å². The fourth-order valence-corrected chi connectivity index (χ4v) is 2.29. The van der Waals surface area contributed by atoms with Crippen LogP contribution in [0.15, 0.2) is 60.7 Å². The number of rotatable bonds is 6. The van der Waals surface area contributed by atoms with E-state index in [0.717, 1.165) is 11.1 Å². The Balaban J connectivity index is 2.01. The second-order valence-corrected chi connectivity index (χ2v) is 6.75. The van der Waals surface area contributed by atoms with Gasteiger partial charge in [0.25, 0.3) is 0 Å². The number of carbonyl (C=O) groups is 2. The average Bonchev–Trinajstić information content (AvgIpc) is 2.59. The highest BCUT2D eigenvalue weighted by Crippen LogP contribution is 2.26. The third-order valence-corrected chi connectivity index (χ3v) is 3.34. The van der Waals surface area contributed by atoms with Gasteiger partial charge < -0.3 is 14.8 Å². The Morgan fingerprint density at radius 3 is 1.96 bits per heavy atom. The number of hydrogen-bond acceptors (Lipinski definition) is 4. The lowest BCUT2D eigenvalue weighted by atomic mass is 10.0. The lowest BCUT2D eigenvalue weighted by molar-refractivity contribution is -0.147. The molecule has 0 radical (unpaired) electrons. The van der Waals surface area contributed by atoms with Crippen molar-refractivity contribution in [3.8, 4) is 0 Å². The first-order valence-corrected chi connectivity index (χ1v) is 8.46. The number of carbonyl (C=O) groups excluding carboxylic acids is 2. The third kappa shape index (κ3) is 6.59. The van der Waals surface area contributed by atoms with Crippen LogP contribution in [0.5, 0.6) is 0 Å². The summed E-state index contributed by atoms with van der Waals surface area (Å²) in [6.07, 6.45) is -1.60. The van der Waals surface area contributed by atoms with Crippen molar-refractivity contribution in [2.24, 2.45) is 0 Å². The molecule has 26 heavy (non-hydrogen) atoms. The van der Waals surface area contributed by atoms with Crippen LogP contribution < -0.4 is 5.32 Å². The maximum atomic E-state index is 12.3. The van der Waals surface area contributed by atoms with Crippen molar-refractivity contribution in [1.29, 1.82) is 0 Å². The normalized spacial score (nSPS) is 12.8. The number of nitrogens with one attached hydrogen (secondary N) is 1. The highest BCUT2D eigenvalue weighted by atomic mass is 16.6. The van der Waals surface area contributed by atoms with E-state index in [0.29, 0.717) is 0 Å². The van der Waals surface area contributed by atoms with Gasteiger partial charge in [0.2, 0.25) is 0 Å². The minimum Gasteiger partial charge on any atom is -0.452 e. The van der Waals surface area contributed by atoms with Crippen LogP contribution in [-0.2, 0) is 14.3 Å². The average molecular weight is 356 g/mol. The van der Waals surface area contributed by atoms with Crippen LogP contribution in [0, 0.1) is 0 Å². The van der Waals surface area contributed by atoms with E-state index in [-0.39, 0.29) is 6.42 Å². The molecule has 0 aromatic heterocycles. The summed E-state index contributed by atoms with van der Waals surface area (Å²) in [7, 11) is 0. The fraction of sp³-hybridized carbons (Fsp3) is 0.333. The molecule has 0 aliphatic rings. The highest BCUT2D eigenvalue weighted by Gasteiger charge is 2.19. The van der Waals surface area contributed by atoms with Crippen molar-refractivity contribution in [2.45, 2.75) is 38.9 Å². The summed E-state index contributed by atoms with van der Waals surface area (Å²) in [4.78, 5) is 24.1. The zero-order chi connectivity index (χ0) is 19.9. The minimum atomic E-state index is -1.15. The van der Waals surface area contributed by atoms with Crippen molar-refractivity contribution in [3.05, 3.63) is 71.8 Å². The van der Waals surface area contributed by atoms with Gasteiger partial charge >= 0.3 is 12.1 Å². The molecule has 0 fully saturated rings. The Morgan fingerprint density at radius 1 is 1.00 bits per heavy atom. The predicted octanol–water partition coefficient (Wildman–Crippen LogP) is 4.23. The molecular weight excluding hydrogens is 330 g/mol. The Kier molecular flexibility index (Phi) is 6.25. The molecule has 0 saturated heterocycles. The Morgan fingerprint density at radius 2 is 1.50 bits per heavy atom. The van der Waals surface area contributed by atoms with Crippen molar-refractivity contribution >= 4 is 12.1 Å². The molecule has 2 aromatic carbocycles. The summed E-state index contributed by atoms with van der Waals surface area (Å²) in [6, 6.07) is 18.8. The molecule has 5 nitrogen and oxygen atoms in total. The first kappa shape index (κ1) is 18.0. The maximum Gasteiger partial charge on any atom is 0.407 e. The van der Waals surface area contributed by atoms with Gasteiger partial charge in [0.15, 0.2) is 6.10 Å². The van der Waals surface area contributed by atoms with Crippen LogP contribution in [0.25, 0.3) is 0 Å². The predicted molar refractivity (Wildman–Crippen MR) is 99.7 cm³/mol. The third-order valence-electron chi connectivity index (χ3n) is 3.34. The van der Waals surface area contributed by atoms with Gasteiger partial charge in [-0.25, -0.2) is 4.79 Å². The first-order valence-electron chi connectivity index (χ1n) is 9.03. The number of benzene rings is 2. The molecule has 2 aromatic rings.